The Kier molecular flexibility index (Phi) is 6.01. The first kappa shape index (κ1) is 19.6. The Labute approximate surface area is 155 Å². The van der Waals surface area contributed by atoms with Gasteiger partial charge in [-0.15, -0.1) is 0 Å². The van der Waals surface area contributed by atoms with Crippen molar-refractivity contribution < 1.29 is 27.5 Å². The molecule has 0 radical (unpaired) electrons. The number of ether oxygens (including phenoxy) is 1. The number of rotatable bonds is 5. The number of aldehydes is 1. The van der Waals surface area contributed by atoms with Crippen molar-refractivity contribution in [3.8, 4) is 5.75 Å². The molecule has 1 aliphatic heterocycles. The number of carbonyl (C=O) groups is 2. The van der Waals surface area contributed by atoms with E-state index in [1.54, 1.807) is 17.0 Å². The molecular formula is C19H23F3N2O3. The zero-order chi connectivity index (χ0) is 19.4. The summed E-state index contributed by atoms with van der Waals surface area (Å²) in [6.07, 6.45) is -0.544. The van der Waals surface area contributed by atoms with E-state index in [1.165, 1.54) is 6.20 Å². The highest BCUT2D eigenvalue weighted by Gasteiger charge is 2.43. The van der Waals surface area contributed by atoms with Crippen LogP contribution >= 0.6 is 0 Å². The van der Waals surface area contributed by atoms with E-state index in [2.05, 4.69) is 4.98 Å². The third kappa shape index (κ3) is 4.78. The normalized spacial score (nSPS) is 26.0. The van der Waals surface area contributed by atoms with Crippen molar-refractivity contribution >= 4 is 12.2 Å². The Bertz CT molecular complexity index is 672. The van der Waals surface area contributed by atoms with E-state index < -0.39 is 12.1 Å². The number of likely N-dealkylation sites (tertiary alicyclic amines) is 1. The zero-order valence-electron chi connectivity index (χ0n) is 15.0. The van der Waals surface area contributed by atoms with Gasteiger partial charge in [-0.25, -0.2) is 4.98 Å². The topological polar surface area (TPSA) is 59.5 Å². The lowest BCUT2D eigenvalue weighted by Crippen LogP contribution is -2.38. The molecule has 0 spiro atoms. The second-order valence-electron chi connectivity index (χ2n) is 7.34. The summed E-state index contributed by atoms with van der Waals surface area (Å²) in [4.78, 5) is 29.3. The van der Waals surface area contributed by atoms with Gasteiger partial charge >= 0.3 is 6.18 Å². The molecule has 1 amide bonds. The minimum Gasteiger partial charge on any atom is -0.491 e. The number of nitrogens with zero attached hydrogens (tertiary/aromatic N) is 2. The van der Waals surface area contributed by atoms with E-state index in [0.717, 1.165) is 6.42 Å². The average molecular weight is 384 g/mol. The summed E-state index contributed by atoms with van der Waals surface area (Å²) < 4.78 is 44.0. The van der Waals surface area contributed by atoms with E-state index in [-0.39, 0.29) is 36.3 Å². The summed E-state index contributed by atoms with van der Waals surface area (Å²) >= 11 is 0. The van der Waals surface area contributed by atoms with Gasteiger partial charge in [-0.05, 0) is 44.2 Å². The number of halogens is 3. The number of amides is 1. The van der Waals surface area contributed by atoms with Crippen molar-refractivity contribution in [2.75, 3.05) is 19.7 Å². The molecule has 2 heterocycles. The highest BCUT2D eigenvalue weighted by atomic mass is 19.4. The molecule has 1 saturated carbocycles. The van der Waals surface area contributed by atoms with Gasteiger partial charge in [-0.2, -0.15) is 13.2 Å². The van der Waals surface area contributed by atoms with Crippen LogP contribution in [-0.2, 0) is 4.79 Å². The van der Waals surface area contributed by atoms with Gasteiger partial charge in [0.1, 0.15) is 11.4 Å². The third-order valence-electron chi connectivity index (χ3n) is 5.52. The Morgan fingerprint density at radius 2 is 2.00 bits per heavy atom. The van der Waals surface area contributed by atoms with Gasteiger partial charge in [-0.1, -0.05) is 0 Å². The van der Waals surface area contributed by atoms with Crippen molar-refractivity contribution in [3.63, 3.8) is 0 Å². The smallest absolute Gasteiger partial charge is 0.391 e. The molecule has 2 aliphatic rings. The number of carbonyl (C=O) groups excluding carboxylic acids is 2. The Morgan fingerprint density at radius 1 is 1.26 bits per heavy atom. The maximum atomic E-state index is 12.8. The van der Waals surface area contributed by atoms with E-state index in [0.29, 0.717) is 44.6 Å². The second kappa shape index (κ2) is 8.27. The van der Waals surface area contributed by atoms with Gasteiger partial charge in [0.2, 0.25) is 5.91 Å². The number of aromatic nitrogens is 1. The summed E-state index contributed by atoms with van der Waals surface area (Å²) in [5.74, 6) is -1.05. The first-order valence-corrected chi connectivity index (χ1v) is 9.27. The molecular weight excluding hydrogens is 361 g/mol. The zero-order valence-corrected chi connectivity index (χ0v) is 15.0. The SMILES string of the molecule is O=Cc1ncccc1OCC1CCN(C(=O)[C@H]2CC[C@H](C(F)(F)F)CC2)C1. The third-order valence-corrected chi connectivity index (χ3v) is 5.52. The molecule has 2 fully saturated rings. The summed E-state index contributed by atoms with van der Waals surface area (Å²) in [7, 11) is 0. The van der Waals surface area contributed by atoms with Crippen LogP contribution in [0.15, 0.2) is 18.3 Å². The first-order valence-electron chi connectivity index (χ1n) is 9.27. The minimum atomic E-state index is -4.16. The van der Waals surface area contributed by atoms with Gasteiger partial charge in [-0.3, -0.25) is 9.59 Å². The van der Waals surface area contributed by atoms with E-state index in [9.17, 15) is 22.8 Å². The average Bonchev–Trinajstić information content (AvgIpc) is 3.14. The van der Waals surface area contributed by atoms with Crippen LogP contribution in [0.1, 0.15) is 42.6 Å². The summed E-state index contributed by atoms with van der Waals surface area (Å²) in [5.41, 5.74) is 0.241. The molecule has 1 saturated heterocycles. The van der Waals surface area contributed by atoms with Gasteiger partial charge in [0, 0.05) is 31.1 Å². The highest BCUT2D eigenvalue weighted by molar-refractivity contribution is 5.79. The summed E-state index contributed by atoms with van der Waals surface area (Å²) in [6, 6.07) is 3.36. The molecule has 1 atom stereocenters. The molecule has 8 heteroatoms. The van der Waals surface area contributed by atoms with Crippen molar-refractivity contribution in [3.05, 3.63) is 24.0 Å². The molecule has 0 aromatic carbocycles. The molecule has 0 bridgehead atoms. The summed E-state index contributed by atoms with van der Waals surface area (Å²) in [6.45, 7) is 1.51. The Morgan fingerprint density at radius 3 is 2.67 bits per heavy atom. The van der Waals surface area contributed by atoms with E-state index in [4.69, 9.17) is 4.74 Å². The number of hydrogen-bond donors (Lipinski definition) is 0. The van der Waals surface area contributed by atoms with Crippen molar-refractivity contribution in [1.29, 1.82) is 0 Å². The fourth-order valence-electron chi connectivity index (χ4n) is 3.92. The van der Waals surface area contributed by atoms with Gasteiger partial charge < -0.3 is 9.64 Å². The van der Waals surface area contributed by atoms with Crippen LogP contribution in [0.2, 0.25) is 0 Å². The highest BCUT2D eigenvalue weighted by Crippen LogP contribution is 2.40. The number of alkyl halides is 3. The summed E-state index contributed by atoms with van der Waals surface area (Å²) in [5, 5.41) is 0. The molecule has 1 aromatic rings. The molecule has 148 valence electrons. The monoisotopic (exact) mass is 384 g/mol. The van der Waals surface area contributed by atoms with Gasteiger partial charge in [0.25, 0.3) is 0 Å². The van der Waals surface area contributed by atoms with Crippen LogP contribution in [0.3, 0.4) is 0 Å². The molecule has 1 aromatic heterocycles. The Balaban J connectivity index is 1.47. The number of pyridine rings is 1. The van der Waals surface area contributed by atoms with Gasteiger partial charge in [0.15, 0.2) is 6.29 Å². The van der Waals surface area contributed by atoms with Crippen molar-refractivity contribution in [2.45, 2.75) is 38.3 Å². The fourth-order valence-corrected chi connectivity index (χ4v) is 3.92. The van der Waals surface area contributed by atoms with E-state index in [1.807, 2.05) is 0 Å². The molecule has 27 heavy (non-hydrogen) atoms. The standard InChI is InChI=1S/C19H23F3N2O3/c20-19(21,22)15-5-3-14(4-6-15)18(26)24-9-7-13(10-24)12-27-17-2-1-8-23-16(17)11-25/h1-2,8,11,13-15H,3-7,9-10,12H2/t13?,14-,15-. The predicted octanol–water partition coefficient (Wildman–Crippen LogP) is 3.49. The van der Waals surface area contributed by atoms with Crippen LogP contribution in [0.25, 0.3) is 0 Å². The van der Waals surface area contributed by atoms with Gasteiger partial charge in [0.05, 0.1) is 12.5 Å². The molecule has 1 aliphatic carbocycles. The van der Waals surface area contributed by atoms with Crippen LogP contribution < -0.4 is 4.74 Å². The second-order valence-corrected chi connectivity index (χ2v) is 7.34. The van der Waals surface area contributed by atoms with Crippen molar-refractivity contribution in [2.24, 2.45) is 17.8 Å². The van der Waals surface area contributed by atoms with Crippen LogP contribution in [0, 0.1) is 17.8 Å². The molecule has 3 rings (SSSR count). The maximum Gasteiger partial charge on any atom is 0.391 e. The largest absolute Gasteiger partial charge is 0.491 e. The maximum absolute atomic E-state index is 12.8. The van der Waals surface area contributed by atoms with Crippen LogP contribution in [-0.4, -0.2) is 47.9 Å². The lowest BCUT2D eigenvalue weighted by molar-refractivity contribution is -0.185. The quantitative estimate of drug-likeness (QED) is 0.729. The number of hydrogen-bond acceptors (Lipinski definition) is 4. The van der Waals surface area contributed by atoms with Crippen LogP contribution in [0.4, 0.5) is 13.2 Å². The minimum absolute atomic E-state index is 0.0342. The first-order chi connectivity index (χ1) is 12.9. The molecule has 1 unspecified atom stereocenters. The lowest BCUT2D eigenvalue weighted by atomic mass is 9.81. The fraction of sp³-hybridized carbons (Fsp3) is 0.632. The van der Waals surface area contributed by atoms with Crippen molar-refractivity contribution in [1.82, 2.24) is 9.88 Å². The molecule has 0 N–H and O–H groups in total. The lowest BCUT2D eigenvalue weighted by Gasteiger charge is -2.31. The molecule has 5 nitrogen and oxygen atoms in total. The Hall–Kier alpha value is -2.12. The predicted molar refractivity (Wildman–Crippen MR) is 91.3 cm³/mol. The van der Waals surface area contributed by atoms with E-state index >= 15 is 0 Å². The van der Waals surface area contributed by atoms with Crippen LogP contribution in [0.5, 0.6) is 5.75 Å².